The van der Waals surface area contributed by atoms with Crippen molar-refractivity contribution in [3.05, 3.63) is 65.0 Å². The molecule has 0 aliphatic carbocycles. The SMILES string of the molecule is Cc1cccc(F)c1NC(=O)Cc1ccc(C(N)=S)cc1. The Balaban J connectivity index is 2.06. The Hall–Kier alpha value is -2.27. The maximum Gasteiger partial charge on any atom is 0.228 e. The number of thiocarbonyl (C=S) groups is 1. The first-order chi connectivity index (χ1) is 9.97. The number of halogens is 1. The van der Waals surface area contributed by atoms with Crippen LogP contribution in [0.4, 0.5) is 10.1 Å². The third-order valence-corrected chi connectivity index (χ3v) is 3.33. The van der Waals surface area contributed by atoms with Crippen molar-refractivity contribution in [2.75, 3.05) is 5.32 Å². The second-order valence-electron chi connectivity index (χ2n) is 4.72. The fraction of sp³-hybridized carbons (Fsp3) is 0.125. The number of carbonyl (C=O) groups is 1. The molecular formula is C16H15FN2OS. The lowest BCUT2D eigenvalue weighted by molar-refractivity contribution is -0.115. The molecule has 1 amide bonds. The van der Waals surface area contributed by atoms with Gasteiger partial charge in [0.2, 0.25) is 5.91 Å². The van der Waals surface area contributed by atoms with E-state index in [0.29, 0.717) is 10.6 Å². The zero-order chi connectivity index (χ0) is 15.4. The van der Waals surface area contributed by atoms with Crippen molar-refractivity contribution < 1.29 is 9.18 Å². The molecule has 2 aromatic rings. The van der Waals surface area contributed by atoms with E-state index >= 15 is 0 Å². The van der Waals surface area contributed by atoms with Crippen molar-refractivity contribution in [3.63, 3.8) is 0 Å². The summed E-state index contributed by atoms with van der Waals surface area (Å²) in [6, 6.07) is 11.8. The average molecular weight is 302 g/mol. The standard InChI is InChI=1S/C16H15FN2OS/c1-10-3-2-4-13(17)15(10)19-14(20)9-11-5-7-12(8-6-11)16(18)21/h2-8H,9H2,1H3,(H2,18,21)(H,19,20). The molecule has 0 unspecified atom stereocenters. The van der Waals surface area contributed by atoms with Crippen LogP contribution in [0.3, 0.4) is 0 Å². The van der Waals surface area contributed by atoms with Crippen molar-refractivity contribution in [2.45, 2.75) is 13.3 Å². The smallest absolute Gasteiger partial charge is 0.228 e. The first-order valence-corrected chi connectivity index (χ1v) is 6.82. The fourth-order valence-corrected chi connectivity index (χ4v) is 2.08. The highest BCUT2D eigenvalue weighted by Gasteiger charge is 2.10. The highest BCUT2D eigenvalue weighted by atomic mass is 32.1. The van der Waals surface area contributed by atoms with E-state index < -0.39 is 5.82 Å². The van der Waals surface area contributed by atoms with Gasteiger partial charge in [-0.1, -0.05) is 48.6 Å². The fourth-order valence-electron chi connectivity index (χ4n) is 1.95. The normalized spacial score (nSPS) is 10.2. The molecule has 0 spiro atoms. The average Bonchev–Trinajstić information content (AvgIpc) is 2.43. The van der Waals surface area contributed by atoms with Gasteiger partial charge in [0.1, 0.15) is 10.8 Å². The van der Waals surface area contributed by atoms with E-state index in [1.165, 1.54) is 6.07 Å². The van der Waals surface area contributed by atoms with Crippen LogP contribution in [0.1, 0.15) is 16.7 Å². The zero-order valence-corrected chi connectivity index (χ0v) is 12.3. The number of nitrogens with two attached hydrogens (primary N) is 1. The van der Waals surface area contributed by atoms with Crippen molar-refractivity contribution >= 4 is 28.8 Å². The zero-order valence-electron chi connectivity index (χ0n) is 11.5. The summed E-state index contributed by atoms with van der Waals surface area (Å²) in [5.41, 5.74) is 7.98. The van der Waals surface area contributed by atoms with E-state index in [2.05, 4.69) is 5.32 Å². The van der Waals surface area contributed by atoms with Gasteiger partial charge >= 0.3 is 0 Å². The number of benzene rings is 2. The number of amides is 1. The summed E-state index contributed by atoms with van der Waals surface area (Å²) in [5.74, 6) is -0.710. The topological polar surface area (TPSA) is 55.1 Å². The predicted molar refractivity (Wildman–Crippen MR) is 85.8 cm³/mol. The van der Waals surface area contributed by atoms with Crippen molar-refractivity contribution in [2.24, 2.45) is 5.73 Å². The van der Waals surface area contributed by atoms with E-state index in [1.807, 2.05) is 0 Å². The van der Waals surface area contributed by atoms with Crippen LogP contribution in [-0.4, -0.2) is 10.9 Å². The van der Waals surface area contributed by atoms with Gasteiger partial charge < -0.3 is 11.1 Å². The van der Waals surface area contributed by atoms with Gasteiger partial charge in [-0.05, 0) is 24.1 Å². The van der Waals surface area contributed by atoms with Gasteiger partial charge in [-0.25, -0.2) is 4.39 Å². The highest BCUT2D eigenvalue weighted by Crippen LogP contribution is 2.19. The number of hydrogen-bond donors (Lipinski definition) is 2. The number of hydrogen-bond acceptors (Lipinski definition) is 2. The van der Waals surface area contributed by atoms with Crippen LogP contribution < -0.4 is 11.1 Å². The molecule has 3 nitrogen and oxygen atoms in total. The molecule has 0 aliphatic heterocycles. The molecule has 0 saturated carbocycles. The van der Waals surface area contributed by atoms with Gasteiger partial charge in [-0.2, -0.15) is 0 Å². The lowest BCUT2D eigenvalue weighted by Gasteiger charge is -2.09. The second-order valence-corrected chi connectivity index (χ2v) is 5.16. The number of rotatable bonds is 4. The summed E-state index contributed by atoms with van der Waals surface area (Å²) in [6.07, 6.45) is 0.158. The van der Waals surface area contributed by atoms with E-state index in [1.54, 1.807) is 43.3 Å². The molecule has 0 heterocycles. The molecule has 0 bridgehead atoms. The van der Waals surface area contributed by atoms with Gasteiger partial charge in [0.25, 0.3) is 0 Å². The Kier molecular flexibility index (Phi) is 4.65. The number of nitrogens with one attached hydrogen (secondary N) is 1. The Morgan fingerprint density at radius 3 is 2.48 bits per heavy atom. The quantitative estimate of drug-likeness (QED) is 0.854. The number of anilines is 1. The van der Waals surface area contributed by atoms with Crippen molar-refractivity contribution in [1.29, 1.82) is 0 Å². The number of para-hydroxylation sites is 1. The Morgan fingerprint density at radius 1 is 1.24 bits per heavy atom. The molecule has 0 aromatic heterocycles. The molecule has 5 heteroatoms. The van der Waals surface area contributed by atoms with Crippen LogP contribution in [0.5, 0.6) is 0 Å². The van der Waals surface area contributed by atoms with Crippen LogP contribution in [0.15, 0.2) is 42.5 Å². The molecule has 0 aliphatic rings. The van der Waals surface area contributed by atoms with Gasteiger partial charge in [0.05, 0.1) is 12.1 Å². The van der Waals surface area contributed by atoms with Crippen LogP contribution in [0.2, 0.25) is 0 Å². The minimum atomic E-state index is -0.438. The lowest BCUT2D eigenvalue weighted by atomic mass is 10.1. The summed E-state index contributed by atoms with van der Waals surface area (Å²) in [4.78, 5) is 12.3. The number of aryl methyl sites for hydroxylation is 1. The Labute approximate surface area is 128 Å². The lowest BCUT2D eigenvalue weighted by Crippen LogP contribution is -2.16. The van der Waals surface area contributed by atoms with Crippen molar-refractivity contribution in [3.8, 4) is 0 Å². The molecule has 3 N–H and O–H groups in total. The maximum absolute atomic E-state index is 13.6. The van der Waals surface area contributed by atoms with E-state index in [0.717, 1.165) is 11.1 Å². The molecule has 0 atom stereocenters. The van der Waals surface area contributed by atoms with E-state index in [4.69, 9.17) is 18.0 Å². The van der Waals surface area contributed by atoms with Crippen LogP contribution >= 0.6 is 12.2 Å². The summed E-state index contributed by atoms with van der Waals surface area (Å²) in [7, 11) is 0. The third kappa shape index (κ3) is 3.86. The van der Waals surface area contributed by atoms with Crippen LogP contribution in [-0.2, 0) is 11.2 Å². The molecule has 2 aromatic carbocycles. The van der Waals surface area contributed by atoms with Crippen molar-refractivity contribution in [1.82, 2.24) is 0 Å². The molecular weight excluding hydrogens is 287 g/mol. The summed E-state index contributed by atoms with van der Waals surface area (Å²) in [6.45, 7) is 1.75. The molecule has 2 rings (SSSR count). The maximum atomic E-state index is 13.6. The van der Waals surface area contributed by atoms with E-state index in [-0.39, 0.29) is 18.0 Å². The van der Waals surface area contributed by atoms with Gasteiger partial charge in [0.15, 0.2) is 0 Å². The van der Waals surface area contributed by atoms with Gasteiger partial charge in [-0.15, -0.1) is 0 Å². The van der Waals surface area contributed by atoms with Crippen LogP contribution in [0, 0.1) is 12.7 Å². The molecule has 21 heavy (non-hydrogen) atoms. The molecule has 0 fully saturated rings. The second kappa shape index (κ2) is 6.45. The van der Waals surface area contributed by atoms with E-state index in [9.17, 15) is 9.18 Å². The largest absolute Gasteiger partial charge is 0.389 e. The summed E-state index contributed by atoms with van der Waals surface area (Å²) in [5, 5.41) is 2.60. The molecule has 0 radical (unpaired) electrons. The molecule has 108 valence electrons. The van der Waals surface area contributed by atoms with Gasteiger partial charge in [-0.3, -0.25) is 4.79 Å². The third-order valence-electron chi connectivity index (χ3n) is 3.09. The Morgan fingerprint density at radius 2 is 1.90 bits per heavy atom. The predicted octanol–water partition coefficient (Wildman–Crippen LogP) is 2.95. The van der Waals surface area contributed by atoms with Gasteiger partial charge in [0, 0.05) is 5.56 Å². The summed E-state index contributed by atoms with van der Waals surface area (Å²) < 4.78 is 13.6. The molecule has 0 saturated heterocycles. The Bertz CT molecular complexity index is 663. The first-order valence-electron chi connectivity index (χ1n) is 6.41. The van der Waals surface area contributed by atoms with Crippen LogP contribution in [0.25, 0.3) is 0 Å². The first kappa shape index (κ1) is 15.1. The minimum absolute atomic E-state index is 0.158. The minimum Gasteiger partial charge on any atom is -0.389 e. The summed E-state index contributed by atoms with van der Waals surface area (Å²) >= 11 is 4.87. The number of carbonyl (C=O) groups excluding carboxylic acids is 1. The monoisotopic (exact) mass is 302 g/mol. The highest BCUT2D eigenvalue weighted by molar-refractivity contribution is 7.80.